The normalized spacial score (nSPS) is 17.0. The zero-order chi connectivity index (χ0) is 20.9. The number of fused-ring (bicyclic) bond motifs is 1. The highest BCUT2D eigenvalue weighted by Crippen LogP contribution is 2.43. The first-order chi connectivity index (χ1) is 13.0. The van der Waals surface area contributed by atoms with Crippen molar-refractivity contribution < 1.29 is 37.1 Å². The number of benzene rings is 2. The minimum Gasteiger partial charge on any atom is -0.396 e. The van der Waals surface area contributed by atoms with E-state index >= 15 is 0 Å². The molecule has 152 valence electrons. The van der Waals surface area contributed by atoms with Gasteiger partial charge in [0, 0.05) is 12.5 Å². The lowest BCUT2D eigenvalue weighted by Crippen LogP contribution is -2.31. The van der Waals surface area contributed by atoms with Gasteiger partial charge in [0.15, 0.2) is 0 Å². The van der Waals surface area contributed by atoms with Crippen molar-refractivity contribution in [2.45, 2.75) is 17.0 Å². The predicted octanol–water partition coefficient (Wildman–Crippen LogP) is 3.23. The molecule has 7 nitrogen and oxygen atoms in total. The Morgan fingerprint density at radius 1 is 1.18 bits per heavy atom. The second-order valence-corrected chi connectivity index (χ2v) is 8.36. The lowest BCUT2D eigenvalue weighted by Gasteiger charge is -2.21. The molecule has 1 atom stereocenters. The number of hydrogen-bond donors (Lipinski definition) is 3. The van der Waals surface area contributed by atoms with Gasteiger partial charge in [0.05, 0.1) is 27.8 Å². The van der Waals surface area contributed by atoms with Gasteiger partial charge in [-0.05, 0) is 35.9 Å². The summed E-state index contributed by atoms with van der Waals surface area (Å²) in [5.74, 6) is -0.703. The smallest absolute Gasteiger partial charge is 0.396 e. The molecule has 0 aromatic heterocycles. The summed E-state index contributed by atoms with van der Waals surface area (Å²) >= 11 is 5.77. The third-order valence-electron chi connectivity index (χ3n) is 4.39. The molecule has 0 saturated carbocycles. The first-order valence-electron chi connectivity index (χ1n) is 7.79. The number of sulfonamides is 1. The first-order valence-corrected chi connectivity index (χ1v) is 9.60. The number of alkyl halides is 3. The van der Waals surface area contributed by atoms with Crippen molar-refractivity contribution >= 4 is 33.0 Å². The third kappa shape index (κ3) is 3.51. The van der Waals surface area contributed by atoms with E-state index in [4.69, 9.17) is 22.0 Å². The van der Waals surface area contributed by atoms with Crippen molar-refractivity contribution in [1.82, 2.24) is 0 Å². The van der Waals surface area contributed by atoms with Crippen molar-refractivity contribution in [3.05, 3.63) is 52.5 Å². The number of anilines is 2. The largest absolute Gasteiger partial charge is 0.416 e. The molecule has 3 rings (SSSR count). The molecular weight excluding hydrogens is 425 g/mol. The average molecular weight is 439 g/mol. The van der Waals surface area contributed by atoms with E-state index in [1.165, 1.54) is 0 Å². The molecule has 28 heavy (non-hydrogen) atoms. The van der Waals surface area contributed by atoms with Crippen LogP contribution < -0.4 is 9.53 Å². The number of aliphatic hydroxyl groups excluding tert-OH is 1. The van der Waals surface area contributed by atoms with E-state index in [0.717, 1.165) is 34.6 Å². The van der Waals surface area contributed by atoms with E-state index in [0.29, 0.717) is 6.07 Å². The average Bonchev–Trinajstić information content (AvgIpc) is 2.99. The summed E-state index contributed by atoms with van der Waals surface area (Å²) in [4.78, 5) is -0.415. The van der Waals surface area contributed by atoms with Crippen LogP contribution in [0.25, 0.3) is 0 Å². The second kappa shape index (κ2) is 7.08. The monoisotopic (exact) mass is 438 g/mol. The van der Waals surface area contributed by atoms with E-state index in [2.05, 4.69) is 0 Å². The Hall–Kier alpha value is -2.05. The quantitative estimate of drug-likeness (QED) is 0.634. The molecule has 0 aliphatic carbocycles. The molecule has 0 radical (unpaired) electrons. The van der Waals surface area contributed by atoms with E-state index < -0.39 is 44.9 Å². The van der Waals surface area contributed by atoms with Gasteiger partial charge >= 0.3 is 6.18 Å². The molecule has 1 aliphatic rings. The Labute approximate surface area is 162 Å². The van der Waals surface area contributed by atoms with Crippen LogP contribution in [0.5, 0.6) is 0 Å². The van der Waals surface area contributed by atoms with Crippen LogP contribution in [-0.2, 0) is 16.2 Å². The minimum atomic E-state index is -4.68. The van der Waals surface area contributed by atoms with E-state index in [1.807, 2.05) is 0 Å². The van der Waals surface area contributed by atoms with Gasteiger partial charge in [-0.25, -0.2) is 8.42 Å². The van der Waals surface area contributed by atoms with Gasteiger partial charge in [0.25, 0.3) is 10.0 Å². The van der Waals surface area contributed by atoms with Crippen LogP contribution in [0, 0.1) is 0 Å². The van der Waals surface area contributed by atoms with Crippen LogP contribution in [0.2, 0.25) is 5.02 Å². The van der Waals surface area contributed by atoms with Gasteiger partial charge in [-0.3, -0.25) is 14.7 Å². The summed E-state index contributed by atoms with van der Waals surface area (Å²) in [6, 6.07) is 5.75. The molecule has 3 N–H and O–H groups in total. The van der Waals surface area contributed by atoms with Gasteiger partial charge in [-0.15, -0.1) is 5.23 Å². The SMILES string of the molecule is O=S(=O)(c1ccc(Cl)c(N(O)O)c1)N1CC(CO)c2ccc(C(F)(F)F)cc21. The predicted molar refractivity (Wildman–Crippen MR) is 93.3 cm³/mol. The van der Waals surface area contributed by atoms with Crippen LogP contribution in [0.4, 0.5) is 24.5 Å². The molecular formula is C16H14ClF3N2O5S. The van der Waals surface area contributed by atoms with Crippen molar-refractivity contribution in [2.75, 3.05) is 22.7 Å². The van der Waals surface area contributed by atoms with Crippen LogP contribution in [-0.4, -0.2) is 37.1 Å². The maximum atomic E-state index is 13.1. The van der Waals surface area contributed by atoms with Crippen LogP contribution >= 0.6 is 11.6 Å². The molecule has 0 saturated heterocycles. The summed E-state index contributed by atoms with van der Waals surface area (Å²) in [6.45, 7) is -0.729. The van der Waals surface area contributed by atoms with Gasteiger partial charge < -0.3 is 5.11 Å². The van der Waals surface area contributed by atoms with Gasteiger partial charge in [0.1, 0.15) is 5.69 Å². The van der Waals surface area contributed by atoms with E-state index in [9.17, 15) is 26.7 Å². The van der Waals surface area contributed by atoms with E-state index in [-0.39, 0.29) is 28.0 Å². The molecule has 1 heterocycles. The van der Waals surface area contributed by atoms with Crippen LogP contribution in [0.1, 0.15) is 17.0 Å². The standard InChI is InChI=1S/C16H14ClF3N2O5S/c17-13-4-2-11(6-15(13)22(24)25)28(26,27)21-7-9(8-23)12-3-1-10(5-14(12)21)16(18,19)20/h1-6,9,23-25H,7-8H2. The van der Waals surface area contributed by atoms with Gasteiger partial charge in [-0.2, -0.15) is 13.2 Å². The fourth-order valence-electron chi connectivity index (χ4n) is 3.00. The molecule has 1 aliphatic heterocycles. The maximum absolute atomic E-state index is 13.1. The molecule has 0 bridgehead atoms. The van der Waals surface area contributed by atoms with E-state index in [1.54, 1.807) is 0 Å². The summed E-state index contributed by atoms with van der Waals surface area (Å²) in [5, 5.41) is 27.3. The topological polar surface area (TPSA) is 101 Å². The number of hydrogen-bond acceptors (Lipinski definition) is 6. The summed E-state index contributed by atoms with van der Waals surface area (Å²) in [7, 11) is -4.38. The number of rotatable bonds is 4. The Balaban J connectivity index is 2.13. The molecule has 0 amide bonds. The summed E-state index contributed by atoms with van der Waals surface area (Å²) in [6.07, 6.45) is -4.68. The van der Waals surface area contributed by atoms with Crippen molar-refractivity contribution in [3.8, 4) is 0 Å². The second-order valence-electron chi connectivity index (χ2n) is 6.09. The number of aliphatic hydroxyl groups is 1. The Bertz CT molecular complexity index is 1010. The lowest BCUT2D eigenvalue weighted by molar-refractivity contribution is -0.137. The summed E-state index contributed by atoms with van der Waals surface area (Å²) in [5.41, 5.74) is -1.39. The molecule has 1 unspecified atom stereocenters. The van der Waals surface area contributed by atoms with Crippen molar-refractivity contribution in [3.63, 3.8) is 0 Å². The van der Waals surface area contributed by atoms with Gasteiger partial charge in [0.2, 0.25) is 0 Å². The molecule has 0 spiro atoms. The Morgan fingerprint density at radius 2 is 1.86 bits per heavy atom. The van der Waals surface area contributed by atoms with Crippen LogP contribution in [0.15, 0.2) is 41.3 Å². The third-order valence-corrected chi connectivity index (χ3v) is 6.49. The number of nitrogens with zero attached hydrogens (tertiary/aromatic N) is 2. The highest BCUT2D eigenvalue weighted by Gasteiger charge is 2.39. The highest BCUT2D eigenvalue weighted by atomic mass is 35.5. The zero-order valence-corrected chi connectivity index (χ0v) is 15.5. The molecule has 0 fully saturated rings. The van der Waals surface area contributed by atoms with Gasteiger partial charge in [-0.1, -0.05) is 17.7 Å². The molecule has 2 aromatic carbocycles. The summed E-state index contributed by atoms with van der Waals surface area (Å²) < 4.78 is 66.1. The minimum absolute atomic E-state index is 0.154. The van der Waals surface area contributed by atoms with Crippen molar-refractivity contribution in [1.29, 1.82) is 0 Å². The van der Waals surface area contributed by atoms with Crippen molar-refractivity contribution in [2.24, 2.45) is 0 Å². The number of halogens is 4. The lowest BCUT2D eigenvalue weighted by atomic mass is 10.0. The molecule has 12 heteroatoms. The fraction of sp³-hybridized carbons (Fsp3) is 0.250. The zero-order valence-electron chi connectivity index (χ0n) is 13.9. The highest BCUT2D eigenvalue weighted by molar-refractivity contribution is 7.92. The first kappa shape index (κ1) is 20.7. The van der Waals surface area contributed by atoms with Crippen LogP contribution in [0.3, 0.4) is 0 Å². The Morgan fingerprint density at radius 3 is 2.43 bits per heavy atom. The maximum Gasteiger partial charge on any atom is 0.416 e. The Kier molecular flexibility index (Phi) is 5.23. The fourth-order valence-corrected chi connectivity index (χ4v) is 4.74. The molecule has 2 aromatic rings.